The van der Waals surface area contributed by atoms with E-state index in [1.165, 1.54) is 83.5 Å². The molecule has 0 saturated carbocycles. The van der Waals surface area contributed by atoms with E-state index >= 15 is 0 Å². The van der Waals surface area contributed by atoms with Gasteiger partial charge >= 0.3 is 0 Å². The summed E-state index contributed by atoms with van der Waals surface area (Å²) in [5.41, 5.74) is 0. The Kier molecular flexibility index (Phi) is 18.9. The van der Waals surface area contributed by atoms with Crippen LogP contribution < -0.4 is 0 Å². The average molecular weight is 314 g/mol. The quantitative estimate of drug-likeness (QED) is 0.286. The Labute approximate surface area is 141 Å². The Morgan fingerprint density at radius 3 is 1.41 bits per heavy atom. The van der Waals surface area contributed by atoms with E-state index in [0.717, 1.165) is 26.2 Å². The van der Waals surface area contributed by atoms with Crippen molar-refractivity contribution in [1.82, 2.24) is 4.90 Å². The molecule has 0 radical (unpaired) electrons. The molecule has 0 saturated heterocycles. The average Bonchev–Trinajstić information content (AvgIpc) is 2.50. The van der Waals surface area contributed by atoms with Crippen molar-refractivity contribution in [1.29, 1.82) is 0 Å². The van der Waals surface area contributed by atoms with Crippen molar-refractivity contribution in [2.45, 2.75) is 96.8 Å². The largest absolute Gasteiger partial charge is 0.381 e. The lowest BCUT2D eigenvalue weighted by Crippen LogP contribution is -2.14. The molecular formula is C20H43NO. The molecule has 0 fully saturated rings. The second-order valence-electron chi connectivity index (χ2n) is 7.01. The number of hydrogen-bond acceptors (Lipinski definition) is 2. The summed E-state index contributed by atoms with van der Waals surface area (Å²) in [7, 11) is 4.24. The molecule has 0 aliphatic carbocycles. The highest BCUT2D eigenvalue weighted by atomic mass is 16.5. The van der Waals surface area contributed by atoms with Gasteiger partial charge < -0.3 is 9.64 Å². The molecule has 0 aliphatic rings. The first-order chi connectivity index (χ1) is 10.8. The number of rotatable bonds is 18. The van der Waals surface area contributed by atoms with Crippen molar-refractivity contribution >= 4 is 0 Å². The van der Waals surface area contributed by atoms with Crippen LogP contribution in [0.5, 0.6) is 0 Å². The van der Waals surface area contributed by atoms with Crippen molar-refractivity contribution in [3.63, 3.8) is 0 Å². The minimum absolute atomic E-state index is 0.927. The van der Waals surface area contributed by atoms with Gasteiger partial charge in [-0.25, -0.2) is 0 Å². The topological polar surface area (TPSA) is 12.5 Å². The third-order valence-corrected chi connectivity index (χ3v) is 4.29. The molecule has 0 bridgehead atoms. The van der Waals surface area contributed by atoms with Crippen LogP contribution in [0.15, 0.2) is 0 Å². The standard InChI is InChI=1S/C20H43NO/c1-4-5-6-7-8-9-10-11-12-13-14-15-16-19-22-20-17-18-21(2)3/h4-20H2,1-3H3. The van der Waals surface area contributed by atoms with Crippen LogP contribution in [0.4, 0.5) is 0 Å². The van der Waals surface area contributed by atoms with Crippen LogP contribution in [0.1, 0.15) is 96.8 Å². The molecule has 2 nitrogen and oxygen atoms in total. The molecule has 0 atom stereocenters. The van der Waals surface area contributed by atoms with E-state index in [-0.39, 0.29) is 0 Å². The van der Waals surface area contributed by atoms with E-state index in [4.69, 9.17) is 4.74 Å². The summed E-state index contributed by atoms with van der Waals surface area (Å²) >= 11 is 0. The lowest BCUT2D eigenvalue weighted by atomic mass is 10.0. The lowest BCUT2D eigenvalue weighted by molar-refractivity contribution is 0.122. The summed E-state index contributed by atoms with van der Waals surface area (Å²) < 4.78 is 5.66. The van der Waals surface area contributed by atoms with Crippen molar-refractivity contribution in [2.24, 2.45) is 0 Å². The summed E-state index contributed by atoms with van der Waals surface area (Å²) in [5, 5.41) is 0. The van der Waals surface area contributed by atoms with Gasteiger partial charge in [0.25, 0.3) is 0 Å². The molecule has 0 aliphatic heterocycles. The van der Waals surface area contributed by atoms with Crippen molar-refractivity contribution in [3.05, 3.63) is 0 Å². The molecule has 0 aromatic rings. The van der Waals surface area contributed by atoms with E-state index in [1.807, 2.05) is 0 Å². The molecule has 0 N–H and O–H groups in total. The molecule has 0 rings (SSSR count). The first-order valence-corrected chi connectivity index (χ1v) is 10.00. The number of unbranched alkanes of at least 4 members (excludes halogenated alkanes) is 12. The van der Waals surface area contributed by atoms with Gasteiger partial charge in [-0.15, -0.1) is 0 Å². The van der Waals surface area contributed by atoms with Gasteiger partial charge in [-0.05, 0) is 33.5 Å². The summed E-state index contributed by atoms with van der Waals surface area (Å²) in [6.07, 6.45) is 19.6. The molecular weight excluding hydrogens is 270 g/mol. The fourth-order valence-corrected chi connectivity index (χ4v) is 2.81. The summed E-state index contributed by atoms with van der Waals surface area (Å²) in [6.45, 7) is 5.32. The van der Waals surface area contributed by atoms with E-state index < -0.39 is 0 Å². The van der Waals surface area contributed by atoms with Gasteiger partial charge in [-0.3, -0.25) is 0 Å². The molecule has 2 heteroatoms. The molecule has 0 unspecified atom stereocenters. The number of ether oxygens (including phenoxy) is 1. The lowest BCUT2D eigenvalue weighted by Gasteiger charge is -2.09. The number of nitrogens with zero attached hydrogens (tertiary/aromatic N) is 1. The van der Waals surface area contributed by atoms with E-state index in [0.29, 0.717) is 0 Å². The van der Waals surface area contributed by atoms with E-state index in [1.54, 1.807) is 0 Å². The van der Waals surface area contributed by atoms with Gasteiger partial charge in [0.15, 0.2) is 0 Å². The van der Waals surface area contributed by atoms with Gasteiger partial charge in [0.1, 0.15) is 0 Å². The summed E-state index contributed by atoms with van der Waals surface area (Å²) in [6, 6.07) is 0. The second-order valence-corrected chi connectivity index (χ2v) is 7.01. The molecule has 0 spiro atoms. The zero-order chi connectivity index (χ0) is 16.3. The van der Waals surface area contributed by atoms with Crippen molar-refractivity contribution in [3.8, 4) is 0 Å². The van der Waals surface area contributed by atoms with Crippen molar-refractivity contribution in [2.75, 3.05) is 33.9 Å². The molecule has 0 aromatic heterocycles. The van der Waals surface area contributed by atoms with Crippen LogP contribution in [0.2, 0.25) is 0 Å². The maximum absolute atomic E-state index is 5.66. The predicted molar refractivity (Wildman–Crippen MR) is 99.7 cm³/mol. The van der Waals surface area contributed by atoms with Crippen LogP contribution in [-0.4, -0.2) is 38.8 Å². The monoisotopic (exact) mass is 313 g/mol. The maximum atomic E-state index is 5.66. The minimum atomic E-state index is 0.927. The van der Waals surface area contributed by atoms with Crippen LogP contribution in [-0.2, 0) is 4.74 Å². The number of hydrogen-bond donors (Lipinski definition) is 0. The normalized spacial score (nSPS) is 11.5. The zero-order valence-corrected chi connectivity index (χ0v) is 15.9. The van der Waals surface area contributed by atoms with Gasteiger partial charge in [0, 0.05) is 13.2 Å². The smallest absolute Gasteiger partial charge is 0.0478 e. The summed E-state index contributed by atoms with van der Waals surface area (Å²) in [4.78, 5) is 2.22. The highest BCUT2D eigenvalue weighted by Gasteiger charge is 1.95. The zero-order valence-electron chi connectivity index (χ0n) is 15.9. The highest BCUT2D eigenvalue weighted by Crippen LogP contribution is 2.12. The Bertz CT molecular complexity index is 194. The third kappa shape index (κ3) is 19.9. The van der Waals surface area contributed by atoms with Gasteiger partial charge in [0.2, 0.25) is 0 Å². The molecule has 22 heavy (non-hydrogen) atoms. The molecule has 0 amide bonds. The van der Waals surface area contributed by atoms with Crippen molar-refractivity contribution < 1.29 is 4.74 Å². The fraction of sp³-hybridized carbons (Fsp3) is 1.00. The van der Waals surface area contributed by atoms with Gasteiger partial charge in [-0.2, -0.15) is 0 Å². The highest BCUT2D eigenvalue weighted by molar-refractivity contribution is 4.49. The maximum Gasteiger partial charge on any atom is 0.0478 e. The Morgan fingerprint density at radius 1 is 0.545 bits per heavy atom. The minimum Gasteiger partial charge on any atom is -0.381 e. The first-order valence-electron chi connectivity index (χ1n) is 10.00. The first kappa shape index (κ1) is 21.9. The van der Waals surface area contributed by atoms with Crippen LogP contribution in [0.25, 0.3) is 0 Å². The van der Waals surface area contributed by atoms with Crippen LogP contribution in [0.3, 0.4) is 0 Å². The fourth-order valence-electron chi connectivity index (χ4n) is 2.81. The Hall–Kier alpha value is -0.0800. The molecule has 134 valence electrons. The molecule has 0 heterocycles. The van der Waals surface area contributed by atoms with E-state index in [9.17, 15) is 0 Å². The Morgan fingerprint density at radius 2 is 0.955 bits per heavy atom. The third-order valence-electron chi connectivity index (χ3n) is 4.29. The summed E-state index contributed by atoms with van der Waals surface area (Å²) in [5.74, 6) is 0. The Balaban J connectivity index is 2.94. The van der Waals surface area contributed by atoms with Crippen LogP contribution >= 0.6 is 0 Å². The molecule has 0 aromatic carbocycles. The SMILES string of the molecule is CCCCCCCCCCCCCCCOCCCN(C)C. The predicted octanol–water partition coefficient (Wildman–Crippen LogP) is 6.05. The van der Waals surface area contributed by atoms with Gasteiger partial charge in [-0.1, -0.05) is 84.0 Å². The second kappa shape index (κ2) is 19.0. The van der Waals surface area contributed by atoms with Gasteiger partial charge in [0.05, 0.1) is 0 Å². The van der Waals surface area contributed by atoms with Crippen LogP contribution in [0, 0.1) is 0 Å². The van der Waals surface area contributed by atoms with E-state index in [2.05, 4.69) is 25.9 Å².